The molecule has 0 bridgehead atoms. The van der Waals surface area contributed by atoms with Crippen LogP contribution >= 0.6 is 0 Å². The summed E-state index contributed by atoms with van der Waals surface area (Å²) in [5.74, 6) is 0. The topological polar surface area (TPSA) is 21.7 Å². The molecule has 1 rings (SSSR count). The normalized spacial score (nSPS) is 13.3. The molecule has 1 aromatic carbocycles. The van der Waals surface area contributed by atoms with Gasteiger partial charge in [-0.1, -0.05) is 32.9 Å². The lowest BCUT2D eigenvalue weighted by molar-refractivity contribution is -0.0377. The monoisotopic (exact) mass is 321 g/mol. The van der Waals surface area contributed by atoms with Gasteiger partial charge in [0.1, 0.15) is 13.5 Å². The van der Waals surface area contributed by atoms with Gasteiger partial charge in [0.15, 0.2) is 0 Å². The van der Waals surface area contributed by atoms with Crippen molar-refractivity contribution in [3.8, 4) is 0 Å². The van der Waals surface area contributed by atoms with Crippen molar-refractivity contribution >= 4 is 5.69 Å². The first-order valence-electron chi connectivity index (χ1n) is 8.41. The quantitative estimate of drug-likeness (QED) is 0.684. The predicted molar refractivity (Wildman–Crippen MR) is 99.0 cm³/mol. The number of benzene rings is 1. The summed E-state index contributed by atoms with van der Waals surface area (Å²) in [6.45, 7) is 20.1. The van der Waals surface area contributed by atoms with Crippen LogP contribution in [-0.2, 0) is 14.9 Å². The van der Waals surface area contributed by atoms with Crippen LogP contribution in [0.3, 0.4) is 0 Å². The minimum atomic E-state index is -0.175. The molecule has 0 spiro atoms. The van der Waals surface area contributed by atoms with E-state index in [1.807, 2.05) is 0 Å². The SMILES string of the molecule is CC(C)(C)OCN(COC(C)(C)C)c1ccc(C(C)(C)C)cc1. The summed E-state index contributed by atoms with van der Waals surface area (Å²) in [5, 5.41) is 0. The van der Waals surface area contributed by atoms with Crippen LogP contribution in [0.4, 0.5) is 5.69 Å². The molecule has 132 valence electrons. The van der Waals surface area contributed by atoms with Crippen molar-refractivity contribution in [2.75, 3.05) is 18.4 Å². The van der Waals surface area contributed by atoms with Crippen LogP contribution in [0.15, 0.2) is 24.3 Å². The molecule has 0 atom stereocenters. The van der Waals surface area contributed by atoms with E-state index in [2.05, 4.69) is 91.5 Å². The van der Waals surface area contributed by atoms with Gasteiger partial charge in [-0.2, -0.15) is 0 Å². The first-order valence-corrected chi connectivity index (χ1v) is 8.41. The molecule has 0 radical (unpaired) electrons. The molecule has 23 heavy (non-hydrogen) atoms. The molecule has 0 aliphatic heterocycles. The molecule has 1 aromatic rings. The van der Waals surface area contributed by atoms with Crippen molar-refractivity contribution in [1.29, 1.82) is 0 Å². The summed E-state index contributed by atoms with van der Waals surface area (Å²) in [7, 11) is 0. The fourth-order valence-corrected chi connectivity index (χ4v) is 1.90. The Hall–Kier alpha value is -1.06. The number of ether oxygens (including phenoxy) is 2. The zero-order valence-electron chi connectivity index (χ0n) is 16.5. The molecule has 0 fully saturated rings. The third-order valence-corrected chi connectivity index (χ3v) is 3.41. The van der Waals surface area contributed by atoms with E-state index in [4.69, 9.17) is 9.47 Å². The first kappa shape index (κ1) is 20.0. The van der Waals surface area contributed by atoms with E-state index in [0.717, 1.165) is 5.69 Å². The molecule has 0 saturated carbocycles. The van der Waals surface area contributed by atoms with Gasteiger partial charge in [0.2, 0.25) is 0 Å². The number of hydrogen-bond donors (Lipinski definition) is 0. The highest BCUT2D eigenvalue weighted by Gasteiger charge is 2.18. The molecule has 0 aliphatic carbocycles. The van der Waals surface area contributed by atoms with E-state index in [1.165, 1.54) is 5.56 Å². The van der Waals surface area contributed by atoms with Gasteiger partial charge >= 0.3 is 0 Å². The summed E-state index contributed by atoms with van der Waals surface area (Å²) < 4.78 is 11.9. The maximum atomic E-state index is 5.95. The lowest BCUT2D eigenvalue weighted by Gasteiger charge is -2.32. The highest BCUT2D eigenvalue weighted by atomic mass is 16.5. The Morgan fingerprint density at radius 1 is 0.696 bits per heavy atom. The van der Waals surface area contributed by atoms with E-state index in [9.17, 15) is 0 Å². The Morgan fingerprint density at radius 2 is 1.09 bits per heavy atom. The fourth-order valence-electron chi connectivity index (χ4n) is 1.90. The average Bonchev–Trinajstić information content (AvgIpc) is 2.35. The molecule has 0 unspecified atom stereocenters. The molecule has 3 heteroatoms. The molecule has 0 heterocycles. The van der Waals surface area contributed by atoms with Crippen LogP contribution in [0, 0.1) is 0 Å². The Bertz CT molecular complexity index is 454. The molecule has 3 nitrogen and oxygen atoms in total. The van der Waals surface area contributed by atoms with Crippen LogP contribution in [0.2, 0.25) is 0 Å². The average molecular weight is 322 g/mol. The van der Waals surface area contributed by atoms with Gasteiger partial charge in [0.25, 0.3) is 0 Å². The molecule has 0 aliphatic rings. The Labute approximate surface area is 143 Å². The zero-order chi connectivity index (χ0) is 17.9. The lowest BCUT2D eigenvalue weighted by atomic mass is 9.87. The highest BCUT2D eigenvalue weighted by Crippen LogP contribution is 2.25. The van der Waals surface area contributed by atoms with E-state index in [1.54, 1.807) is 0 Å². The summed E-state index contributed by atoms with van der Waals surface area (Å²) in [5.41, 5.74) is 2.25. The lowest BCUT2D eigenvalue weighted by Crippen LogP contribution is -2.36. The number of hydrogen-bond acceptors (Lipinski definition) is 3. The number of nitrogens with zero attached hydrogens (tertiary/aromatic N) is 1. The molecule has 0 saturated heterocycles. The van der Waals surface area contributed by atoms with E-state index in [-0.39, 0.29) is 16.6 Å². The predicted octanol–water partition coefficient (Wildman–Crippen LogP) is 5.34. The molecular formula is C20H35NO2. The molecule has 0 N–H and O–H groups in total. The third-order valence-electron chi connectivity index (χ3n) is 3.41. The second-order valence-corrected chi connectivity index (χ2v) is 9.11. The highest BCUT2D eigenvalue weighted by molar-refractivity contribution is 5.48. The Balaban J connectivity index is 2.89. The Kier molecular flexibility index (Phi) is 6.28. The second-order valence-electron chi connectivity index (χ2n) is 9.11. The summed E-state index contributed by atoms with van der Waals surface area (Å²) >= 11 is 0. The van der Waals surface area contributed by atoms with Gasteiger partial charge in [-0.3, -0.25) is 0 Å². The molecule has 0 amide bonds. The molecule has 0 aromatic heterocycles. The third kappa shape index (κ3) is 7.85. The standard InChI is InChI=1S/C20H35NO2/c1-18(2,3)16-10-12-17(13-11-16)21(14-22-19(4,5)6)15-23-20(7,8)9/h10-13H,14-15H2,1-9H3. The van der Waals surface area contributed by atoms with Gasteiger partial charge in [-0.25, -0.2) is 0 Å². The van der Waals surface area contributed by atoms with E-state index < -0.39 is 0 Å². The Morgan fingerprint density at radius 3 is 1.39 bits per heavy atom. The fraction of sp³-hybridized carbons (Fsp3) is 0.700. The van der Waals surface area contributed by atoms with Crippen LogP contribution in [0.25, 0.3) is 0 Å². The van der Waals surface area contributed by atoms with Gasteiger partial charge < -0.3 is 14.4 Å². The van der Waals surface area contributed by atoms with E-state index in [0.29, 0.717) is 13.5 Å². The van der Waals surface area contributed by atoms with Crippen molar-refractivity contribution in [2.24, 2.45) is 0 Å². The van der Waals surface area contributed by atoms with Crippen molar-refractivity contribution < 1.29 is 9.47 Å². The minimum absolute atomic E-state index is 0.160. The number of rotatable bonds is 5. The summed E-state index contributed by atoms with van der Waals surface area (Å²) in [4.78, 5) is 2.13. The first-order chi connectivity index (χ1) is 10.3. The van der Waals surface area contributed by atoms with Crippen molar-refractivity contribution in [2.45, 2.75) is 78.9 Å². The van der Waals surface area contributed by atoms with Crippen molar-refractivity contribution in [3.63, 3.8) is 0 Å². The number of anilines is 1. The van der Waals surface area contributed by atoms with Crippen LogP contribution in [0.5, 0.6) is 0 Å². The van der Waals surface area contributed by atoms with Crippen LogP contribution in [0.1, 0.15) is 67.9 Å². The maximum Gasteiger partial charge on any atom is 0.121 e. The minimum Gasteiger partial charge on any atom is -0.355 e. The smallest absolute Gasteiger partial charge is 0.121 e. The summed E-state index contributed by atoms with van der Waals surface area (Å²) in [6, 6.07) is 8.68. The van der Waals surface area contributed by atoms with Gasteiger partial charge in [0.05, 0.1) is 11.2 Å². The maximum absolute atomic E-state index is 5.95. The second kappa shape index (κ2) is 7.23. The van der Waals surface area contributed by atoms with Crippen LogP contribution < -0.4 is 4.90 Å². The summed E-state index contributed by atoms with van der Waals surface area (Å²) in [6.07, 6.45) is 0. The van der Waals surface area contributed by atoms with Crippen molar-refractivity contribution in [1.82, 2.24) is 0 Å². The van der Waals surface area contributed by atoms with Gasteiger partial charge in [-0.05, 0) is 64.7 Å². The van der Waals surface area contributed by atoms with Crippen molar-refractivity contribution in [3.05, 3.63) is 29.8 Å². The largest absolute Gasteiger partial charge is 0.355 e. The zero-order valence-corrected chi connectivity index (χ0v) is 16.5. The van der Waals surface area contributed by atoms with Gasteiger partial charge in [0, 0.05) is 5.69 Å². The van der Waals surface area contributed by atoms with Gasteiger partial charge in [-0.15, -0.1) is 0 Å². The van der Waals surface area contributed by atoms with E-state index >= 15 is 0 Å². The van der Waals surface area contributed by atoms with Crippen LogP contribution in [-0.4, -0.2) is 24.7 Å². The molecular weight excluding hydrogens is 286 g/mol.